The fourth-order valence-electron chi connectivity index (χ4n) is 3.75. The fraction of sp³-hybridized carbons (Fsp3) is 0.389. The van der Waals surface area contributed by atoms with Crippen molar-refractivity contribution in [2.75, 3.05) is 20.3 Å². The molecule has 1 fully saturated rings. The Labute approximate surface area is 145 Å². The standard InChI is InChI=1S/C18H19N3O4/c1-3-25-18(23)15-16-11-6-7-19-14(11)17(22)12-8-10(24-2)4-5-13(12)21(16)9-20-15/h4-5,8-9,11,14,19H,3,6-7H2,1-2H3/t11-,14?/m1/s1. The highest BCUT2D eigenvalue weighted by Crippen LogP contribution is 2.38. The molecule has 2 aromatic rings. The predicted molar refractivity (Wildman–Crippen MR) is 89.6 cm³/mol. The topological polar surface area (TPSA) is 82.5 Å². The second kappa shape index (κ2) is 6.00. The van der Waals surface area contributed by atoms with Gasteiger partial charge in [-0.3, -0.25) is 4.79 Å². The number of ketones is 1. The van der Waals surface area contributed by atoms with Crippen molar-refractivity contribution < 1.29 is 19.1 Å². The van der Waals surface area contributed by atoms with Crippen LogP contribution < -0.4 is 10.1 Å². The second-order valence-corrected chi connectivity index (χ2v) is 6.14. The third kappa shape index (κ3) is 2.34. The number of benzene rings is 1. The summed E-state index contributed by atoms with van der Waals surface area (Å²) < 4.78 is 12.3. The molecule has 2 aliphatic heterocycles. The van der Waals surface area contributed by atoms with E-state index in [9.17, 15) is 9.59 Å². The Morgan fingerprint density at radius 1 is 1.44 bits per heavy atom. The number of hydrogen-bond acceptors (Lipinski definition) is 6. The zero-order valence-electron chi connectivity index (χ0n) is 14.1. The third-order valence-corrected chi connectivity index (χ3v) is 4.86. The number of ether oxygens (including phenoxy) is 2. The van der Waals surface area contributed by atoms with Gasteiger partial charge in [0.2, 0.25) is 0 Å². The predicted octanol–water partition coefficient (Wildman–Crippen LogP) is 1.70. The number of rotatable bonds is 3. The molecular formula is C18H19N3O4. The van der Waals surface area contributed by atoms with E-state index in [4.69, 9.17) is 9.47 Å². The van der Waals surface area contributed by atoms with Crippen molar-refractivity contribution in [2.45, 2.75) is 25.3 Å². The van der Waals surface area contributed by atoms with Gasteiger partial charge in [-0.15, -0.1) is 0 Å². The van der Waals surface area contributed by atoms with Gasteiger partial charge < -0.3 is 19.4 Å². The highest BCUT2D eigenvalue weighted by Gasteiger charge is 2.42. The van der Waals surface area contributed by atoms with Crippen LogP contribution in [0.4, 0.5) is 0 Å². The monoisotopic (exact) mass is 341 g/mol. The zero-order chi connectivity index (χ0) is 17.6. The number of imidazole rings is 1. The summed E-state index contributed by atoms with van der Waals surface area (Å²) in [5.74, 6) is 0.0600. The van der Waals surface area contributed by atoms with Crippen LogP contribution in [-0.2, 0) is 4.74 Å². The Morgan fingerprint density at radius 2 is 2.28 bits per heavy atom. The zero-order valence-corrected chi connectivity index (χ0v) is 14.1. The average molecular weight is 341 g/mol. The largest absolute Gasteiger partial charge is 0.497 e. The quantitative estimate of drug-likeness (QED) is 0.856. The molecule has 1 aromatic heterocycles. The van der Waals surface area contributed by atoms with Crippen LogP contribution >= 0.6 is 0 Å². The number of fused-ring (bicyclic) bond motifs is 5. The molecule has 1 N–H and O–H groups in total. The molecule has 0 aliphatic carbocycles. The van der Waals surface area contributed by atoms with E-state index in [-0.39, 0.29) is 30.0 Å². The molecule has 3 heterocycles. The Morgan fingerprint density at radius 3 is 3.04 bits per heavy atom. The van der Waals surface area contributed by atoms with Crippen molar-refractivity contribution in [1.29, 1.82) is 0 Å². The van der Waals surface area contributed by atoms with Crippen molar-refractivity contribution in [3.05, 3.63) is 41.5 Å². The van der Waals surface area contributed by atoms with E-state index in [0.717, 1.165) is 12.1 Å². The third-order valence-electron chi connectivity index (χ3n) is 4.86. The first-order valence-corrected chi connectivity index (χ1v) is 8.36. The fourth-order valence-corrected chi connectivity index (χ4v) is 3.75. The number of methoxy groups -OCH3 is 1. The van der Waals surface area contributed by atoms with E-state index < -0.39 is 5.97 Å². The molecule has 2 aliphatic rings. The van der Waals surface area contributed by atoms with Crippen molar-refractivity contribution in [1.82, 2.24) is 14.9 Å². The Kier molecular flexibility index (Phi) is 3.80. The SMILES string of the molecule is CCOC(=O)c1ncn2c1[C@@H]1CCNC1C(=O)c1cc(OC)ccc1-2. The average Bonchev–Trinajstić information content (AvgIpc) is 3.25. The molecule has 0 saturated carbocycles. The minimum absolute atomic E-state index is 0.00917. The van der Waals surface area contributed by atoms with Crippen LogP contribution in [0.3, 0.4) is 0 Å². The summed E-state index contributed by atoms with van der Waals surface area (Å²) in [5, 5.41) is 3.27. The van der Waals surface area contributed by atoms with E-state index >= 15 is 0 Å². The van der Waals surface area contributed by atoms with Gasteiger partial charge in [0.25, 0.3) is 0 Å². The number of Topliss-reactive ketones (excluding diaryl/α,β-unsaturated/α-hetero) is 1. The van der Waals surface area contributed by atoms with Gasteiger partial charge in [0.15, 0.2) is 11.5 Å². The maximum Gasteiger partial charge on any atom is 0.358 e. The molecule has 2 atom stereocenters. The Bertz CT molecular complexity index is 858. The van der Waals surface area contributed by atoms with Gasteiger partial charge in [0.05, 0.1) is 31.1 Å². The molecule has 25 heavy (non-hydrogen) atoms. The molecule has 0 amide bonds. The molecule has 4 rings (SSSR count). The molecule has 0 radical (unpaired) electrons. The van der Waals surface area contributed by atoms with Gasteiger partial charge in [-0.2, -0.15) is 0 Å². The van der Waals surface area contributed by atoms with Crippen LogP contribution in [0, 0.1) is 0 Å². The van der Waals surface area contributed by atoms with Gasteiger partial charge in [-0.05, 0) is 38.1 Å². The van der Waals surface area contributed by atoms with E-state index in [0.29, 0.717) is 23.5 Å². The summed E-state index contributed by atoms with van der Waals surface area (Å²) in [7, 11) is 1.57. The first-order valence-electron chi connectivity index (χ1n) is 8.36. The van der Waals surface area contributed by atoms with Gasteiger partial charge in [-0.1, -0.05) is 0 Å². The smallest absolute Gasteiger partial charge is 0.358 e. The van der Waals surface area contributed by atoms with Crippen LogP contribution in [0.15, 0.2) is 24.5 Å². The summed E-state index contributed by atoms with van der Waals surface area (Å²) in [6.45, 7) is 2.76. The van der Waals surface area contributed by atoms with Crippen molar-refractivity contribution in [2.24, 2.45) is 0 Å². The number of hydrogen-bond donors (Lipinski definition) is 1. The molecule has 1 aromatic carbocycles. The van der Waals surface area contributed by atoms with Gasteiger partial charge in [0.1, 0.15) is 12.1 Å². The van der Waals surface area contributed by atoms with Gasteiger partial charge >= 0.3 is 5.97 Å². The number of carbonyl (C=O) groups is 2. The number of nitrogens with zero attached hydrogens (tertiary/aromatic N) is 2. The highest BCUT2D eigenvalue weighted by atomic mass is 16.5. The Balaban J connectivity index is 1.95. The van der Waals surface area contributed by atoms with E-state index in [1.807, 2.05) is 10.6 Å². The van der Waals surface area contributed by atoms with Gasteiger partial charge in [-0.25, -0.2) is 9.78 Å². The van der Waals surface area contributed by atoms with Crippen molar-refractivity contribution >= 4 is 11.8 Å². The first-order chi connectivity index (χ1) is 12.2. The van der Waals surface area contributed by atoms with Crippen molar-refractivity contribution in [3.63, 3.8) is 0 Å². The van der Waals surface area contributed by atoms with Crippen LogP contribution in [-0.4, -0.2) is 47.6 Å². The lowest BCUT2D eigenvalue weighted by atomic mass is 9.91. The van der Waals surface area contributed by atoms with Crippen LogP contribution in [0.1, 0.15) is 45.8 Å². The number of aromatic nitrogens is 2. The summed E-state index contributed by atoms with van der Waals surface area (Å²) in [6.07, 6.45) is 2.36. The minimum Gasteiger partial charge on any atom is -0.497 e. The summed E-state index contributed by atoms with van der Waals surface area (Å²) in [5.41, 5.74) is 2.30. The van der Waals surface area contributed by atoms with Crippen LogP contribution in [0.5, 0.6) is 5.75 Å². The molecule has 0 spiro atoms. The molecule has 0 bridgehead atoms. The molecule has 1 unspecified atom stereocenters. The lowest BCUT2D eigenvalue weighted by molar-refractivity contribution is 0.0517. The van der Waals surface area contributed by atoms with Crippen LogP contribution in [0.2, 0.25) is 0 Å². The summed E-state index contributed by atoms with van der Waals surface area (Å²) >= 11 is 0. The molecular weight excluding hydrogens is 322 g/mol. The van der Waals surface area contributed by atoms with Crippen molar-refractivity contribution in [3.8, 4) is 11.4 Å². The lowest BCUT2D eigenvalue weighted by Crippen LogP contribution is -2.34. The summed E-state index contributed by atoms with van der Waals surface area (Å²) in [6, 6.07) is 4.99. The van der Waals surface area contributed by atoms with E-state index in [2.05, 4.69) is 10.3 Å². The van der Waals surface area contributed by atoms with E-state index in [1.54, 1.807) is 32.5 Å². The molecule has 7 heteroatoms. The number of esters is 1. The summed E-state index contributed by atoms with van der Waals surface area (Å²) in [4.78, 5) is 29.7. The molecule has 130 valence electrons. The van der Waals surface area contributed by atoms with Crippen LogP contribution in [0.25, 0.3) is 5.69 Å². The first kappa shape index (κ1) is 15.8. The Hall–Kier alpha value is -2.67. The second-order valence-electron chi connectivity index (χ2n) is 6.14. The number of nitrogens with one attached hydrogen (secondary N) is 1. The highest BCUT2D eigenvalue weighted by molar-refractivity contribution is 6.05. The maximum atomic E-state index is 13.1. The normalized spacial score (nSPS) is 21.1. The number of carbonyl (C=O) groups excluding carboxylic acids is 2. The molecule has 7 nitrogen and oxygen atoms in total. The van der Waals surface area contributed by atoms with Gasteiger partial charge in [0, 0.05) is 11.5 Å². The van der Waals surface area contributed by atoms with E-state index in [1.165, 1.54) is 0 Å². The maximum absolute atomic E-state index is 13.1. The minimum atomic E-state index is -0.452. The lowest BCUT2D eigenvalue weighted by Gasteiger charge is -2.16. The molecule has 1 saturated heterocycles.